The van der Waals surface area contributed by atoms with Gasteiger partial charge in [0.2, 0.25) is 0 Å². The molecule has 0 aromatic carbocycles. The molecule has 0 aliphatic heterocycles. The maximum absolute atomic E-state index is 6.23. The number of hydrogen-bond donors (Lipinski definition) is 0. The third-order valence-electron chi connectivity index (χ3n) is 3.90. The first-order valence-corrected chi connectivity index (χ1v) is 8.93. The predicted molar refractivity (Wildman–Crippen MR) is 69.6 cm³/mol. The zero-order valence-electron chi connectivity index (χ0n) is 11.2. The smallest absolute Gasteiger partial charge is 0.191 e. The molecule has 15 heavy (non-hydrogen) atoms. The van der Waals surface area contributed by atoms with Crippen LogP contribution in [-0.4, -0.2) is 14.9 Å². The quantitative estimate of drug-likeness (QED) is 0.513. The molecule has 0 aromatic rings. The van der Waals surface area contributed by atoms with Crippen LogP contribution in [0.25, 0.3) is 0 Å². The normalized spacial score (nSPS) is 23.1. The van der Waals surface area contributed by atoms with Crippen molar-refractivity contribution in [3.8, 4) is 0 Å². The predicted octanol–water partition coefficient (Wildman–Crippen LogP) is 4.36. The van der Waals surface area contributed by atoms with E-state index in [1.54, 1.807) is 5.57 Å². The molecular weight excluding hydrogens is 200 g/mol. The minimum atomic E-state index is -1.52. The molecule has 0 fully saturated rings. The second kappa shape index (κ2) is 4.42. The van der Waals surface area contributed by atoms with Crippen LogP contribution in [0, 0.1) is 5.92 Å². The van der Waals surface area contributed by atoms with Gasteiger partial charge in [0.1, 0.15) is 0 Å². The topological polar surface area (TPSA) is 9.23 Å². The molecular formula is C13H26OSi. The molecule has 0 heterocycles. The highest BCUT2D eigenvalue weighted by molar-refractivity contribution is 6.74. The Labute approximate surface area is 96.0 Å². The standard InChI is InChI=1S/C13H26OSi/c1-11-7-8-12(9-11)10-14-15(5,6)13(2,3)4/h7,12H,8-10H2,1-6H3. The van der Waals surface area contributed by atoms with E-state index in [0.29, 0.717) is 5.04 Å². The summed E-state index contributed by atoms with van der Waals surface area (Å²) in [5.41, 5.74) is 1.54. The molecule has 0 saturated heterocycles. The Hall–Kier alpha value is -0.0831. The van der Waals surface area contributed by atoms with Gasteiger partial charge in [-0.2, -0.15) is 0 Å². The largest absolute Gasteiger partial charge is 0.417 e. The molecule has 0 N–H and O–H groups in total. The summed E-state index contributed by atoms with van der Waals surface area (Å²) >= 11 is 0. The van der Waals surface area contributed by atoms with E-state index < -0.39 is 8.32 Å². The summed E-state index contributed by atoms with van der Waals surface area (Å²) in [5.74, 6) is 0.749. The SMILES string of the molecule is CC1=CCC(CO[Si](C)(C)C(C)(C)C)C1. The van der Waals surface area contributed by atoms with Gasteiger partial charge in [0.15, 0.2) is 8.32 Å². The molecule has 0 aromatic heterocycles. The first kappa shape index (κ1) is 13.0. The third kappa shape index (κ3) is 3.46. The Morgan fingerprint density at radius 3 is 2.40 bits per heavy atom. The van der Waals surface area contributed by atoms with Crippen LogP contribution in [0.2, 0.25) is 18.1 Å². The van der Waals surface area contributed by atoms with Crippen LogP contribution in [0.1, 0.15) is 40.5 Å². The van der Waals surface area contributed by atoms with E-state index in [2.05, 4.69) is 46.9 Å². The zero-order chi connectivity index (χ0) is 11.7. The molecule has 1 aliphatic rings. The number of rotatable bonds is 3. The van der Waals surface area contributed by atoms with Gasteiger partial charge < -0.3 is 4.43 Å². The van der Waals surface area contributed by atoms with Gasteiger partial charge in [-0.25, -0.2) is 0 Å². The highest BCUT2D eigenvalue weighted by atomic mass is 28.4. The minimum absolute atomic E-state index is 0.341. The average Bonchev–Trinajstić information content (AvgIpc) is 2.46. The maximum Gasteiger partial charge on any atom is 0.191 e. The molecule has 1 aliphatic carbocycles. The molecule has 1 nitrogen and oxygen atoms in total. The molecule has 0 spiro atoms. The Kier molecular flexibility index (Phi) is 3.83. The Balaban J connectivity index is 2.38. The van der Waals surface area contributed by atoms with Crippen molar-refractivity contribution < 1.29 is 4.43 Å². The number of hydrogen-bond acceptors (Lipinski definition) is 1. The van der Waals surface area contributed by atoms with E-state index in [9.17, 15) is 0 Å². The van der Waals surface area contributed by atoms with Crippen LogP contribution in [0.5, 0.6) is 0 Å². The van der Waals surface area contributed by atoms with Gasteiger partial charge >= 0.3 is 0 Å². The monoisotopic (exact) mass is 226 g/mol. The van der Waals surface area contributed by atoms with Gasteiger partial charge in [-0.3, -0.25) is 0 Å². The van der Waals surface area contributed by atoms with Gasteiger partial charge in [0.25, 0.3) is 0 Å². The van der Waals surface area contributed by atoms with Crippen molar-refractivity contribution in [3.05, 3.63) is 11.6 Å². The molecule has 88 valence electrons. The molecule has 0 bridgehead atoms. The lowest BCUT2D eigenvalue weighted by Crippen LogP contribution is -2.41. The highest BCUT2D eigenvalue weighted by Crippen LogP contribution is 2.37. The van der Waals surface area contributed by atoms with Gasteiger partial charge in [-0.15, -0.1) is 0 Å². The molecule has 2 heteroatoms. The highest BCUT2D eigenvalue weighted by Gasteiger charge is 2.37. The van der Waals surface area contributed by atoms with Gasteiger partial charge in [0, 0.05) is 6.61 Å². The maximum atomic E-state index is 6.23. The second-order valence-corrected chi connectivity index (χ2v) is 11.2. The van der Waals surface area contributed by atoms with E-state index in [-0.39, 0.29) is 0 Å². The summed E-state index contributed by atoms with van der Waals surface area (Å²) in [5, 5.41) is 0.341. The first-order chi connectivity index (χ1) is 6.72. The van der Waals surface area contributed by atoms with Crippen molar-refractivity contribution in [1.82, 2.24) is 0 Å². The molecule has 1 rings (SSSR count). The van der Waals surface area contributed by atoms with Crippen molar-refractivity contribution >= 4 is 8.32 Å². The summed E-state index contributed by atoms with van der Waals surface area (Å²) in [6.45, 7) is 14.8. The lowest BCUT2D eigenvalue weighted by molar-refractivity contribution is 0.233. The lowest BCUT2D eigenvalue weighted by atomic mass is 10.1. The van der Waals surface area contributed by atoms with Crippen LogP contribution in [-0.2, 0) is 4.43 Å². The van der Waals surface area contributed by atoms with E-state index in [1.807, 2.05) is 0 Å². The van der Waals surface area contributed by atoms with Crippen LogP contribution < -0.4 is 0 Å². The molecule has 1 unspecified atom stereocenters. The summed E-state index contributed by atoms with van der Waals surface area (Å²) in [6.07, 6.45) is 4.83. The van der Waals surface area contributed by atoms with Crippen LogP contribution in [0.15, 0.2) is 11.6 Å². The van der Waals surface area contributed by atoms with E-state index in [1.165, 1.54) is 12.8 Å². The number of allylic oxidation sites excluding steroid dienone is 2. The fourth-order valence-electron chi connectivity index (χ4n) is 1.66. The molecule has 0 radical (unpaired) electrons. The minimum Gasteiger partial charge on any atom is -0.417 e. The molecule has 0 saturated carbocycles. The zero-order valence-corrected chi connectivity index (χ0v) is 12.2. The summed E-state index contributed by atoms with van der Waals surface area (Å²) < 4.78 is 6.23. The first-order valence-electron chi connectivity index (χ1n) is 6.02. The molecule has 0 amide bonds. The fraction of sp³-hybridized carbons (Fsp3) is 0.846. The van der Waals surface area contributed by atoms with Gasteiger partial charge in [0.05, 0.1) is 0 Å². The summed E-state index contributed by atoms with van der Waals surface area (Å²) in [7, 11) is -1.52. The van der Waals surface area contributed by atoms with Crippen LogP contribution >= 0.6 is 0 Å². The van der Waals surface area contributed by atoms with E-state index in [4.69, 9.17) is 4.43 Å². The lowest BCUT2D eigenvalue weighted by Gasteiger charge is -2.37. The molecule has 1 atom stereocenters. The fourth-order valence-corrected chi connectivity index (χ4v) is 2.74. The van der Waals surface area contributed by atoms with Crippen LogP contribution in [0.4, 0.5) is 0 Å². The van der Waals surface area contributed by atoms with Crippen LogP contribution in [0.3, 0.4) is 0 Å². The van der Waals surface area contributed by atoms with E-state index >= 15 is 0 Å². The van der Waals surface area contributed by atoms with Gasteiger partial charge in [-0.1, -0.05) is 32.4 Å². The Morgan fingerprint density at radius 1 is 1.40 bits per heavy atom. The Bertz CT molecular complexity index is 248. The Morgan fingerprint density at radius 2 is 2.00 bits per heavy atom. The van der Waals surface area contributed by atoms with Crippen molar-refractivity contribution in [3.63, 3.8) is 0 Å². The third-order valence-corrected chi connectivity index (χ3v) is 8.40. The van der Waals surface area contributed by atoms with E-state index in [0.717, 1.165) is 12.5 Å². The second-order valence-electron chi connectivity index (χ2n) is 6.43. The summed E-state index contributed by atoms with van der Waals surface area (Å²) in [4.78, 5) is 0. The average molecular weight is 226 g/mol. The van der Waals surface area contributed by atoms with Crippen molar-refractivity contribution in [2.45, 2.75) is 58.7 Å². The van der Waals surface area contributed by atoms with Crippen molar-refractivity contribution in [1.29, 1.82) is 0 Å². The van der Waals surface area contributed by atoms with Gasteiger partial charge in [-0.05, 0) is 43.8 Å². The van der Waals surface area contributed by atoms with Crippen molar-refractivity contribution in [2.75, 3.05) is 6.61 Å². The summed E-state index contributed by atoms with van der Waals surface area (Å²) in [6, 6.07) is 0. The van der Waals surface area contributed by atoms with Crippen molar-refractivity contribution in [2.24, 2.45) is 5.92 Å².